The van der Waals surface area contributed by atoms with E-state index in [4.69, 9.17) is 0 Å². The Labute approximate surface area is 144 Å². The van der Waals surface area contributed by atoms with Gasteiger partial charge in [0.15, 0.2) is 11.6 Å². The van der Waals surface area contributed by atoms with E-state index in [1.807, 2.05) is 0 Å². The van der Waals surface area contributed by atoms with Gasteiger partial charge in [-0.2, -0.15) is 4.31 Å². The van der Waals surface area contributed by atoms with Gasteiger partial charge in [-0.25, -0.2) is 21.6 Å². The van der Waals surface area contributed by atoms with Gasteiger partial charge in [0.2, 0.25) is 10.0 Å². The first-order valence-corrected chi connectivity index (χ1v) is 9.34. The lowest BCUT2D eigenvalue weighted by molar-refractivity contribution is -0.917. The van der Waals surface area contributed by atoms with Gasteiger partial charge in [-0.05, 0) is 30.3 Å². The molecule has 1 aliphatic heterocycles. The molecular weight excluding hydrogens is 353 g/mol. The standard InChI is InChI=1S/C17H17F3N2O2S/c18-14-4-6-15(7-5-14)25(23,24)22-10-8-21(9-11-22)12-13-2-1-3-16(19)17(13)20/h1-7H,8-12H2/p+1. The van der Waals surface area contributed by atoms with E-state index in [1.54, 1.807) is 0 Å². The van der Waals surface area contributed by atoms with Crippen molar-refractivity contribution in [3.05, 3.63) is 65.5 Å². The maximum absolute atomic E-state index is 13.8. The molecule has 1 fully saturated rings. The normalized spacial score (nSPS) is 16.9. The van der Waals surface area contributed by atoms with Crippen LogP contribution >= 0.6 is 0 Å². The van der Waals surface area contributed by atoms with Gasteiger partial charge in [0, 0.05) is 5.56 Å². The van der Waals surface area contributed by atoms with Crippen LogP contribution in [0.25, 0.3) is 0 Å². The Kier molecular flexibility index (Phi) is 5.12. The van der Waals surface area contributed by atoms with Crippen molar-refractivity contribution in [1.82, 2.24) is 4.31 Å². The van der Waals surface area contributed by atoms with Crippen LogP contribution in [0.2, 0.25) is 0 Å². The Morgan fingerprint density at radius 3 is 2.24 bits per heavy atom. The second-order valence-corrected chi connectivity index (χ2v) is 7.94. The van der Waals surface area contributed by atoms with Crippen LogP contribution in [-0.2, 0) is 16.6 Å². The van der Waals surface area contributed by atoms with Crippen LogP contribution in [-0.4, -0.2) is 38.9 Å². The Balaban J connectivity index is 1.65. The molecule has 1 saturated heterocycles. The fraction of sp³-hybridized carbons (Fsp3) is 0.294. The lowest BCUT2D eigenvalue weighted by Gasteiger charge is -2.31. The Bertz CT molecular complexity index is 849. The second kappa shape index (κ2) is 7.15. The first kappa shape index (κ1) is 17.9. The van der Waals surface area contributed by atoms with Gasteiger partial charge < -0.3 is 4.90 Å². The average molecular weight is 371 g/mol. The quantitative estimate of drug-likeness (QED) is 0.878. The van der Waals surface area contributed by atoms with E-state index in [0.29, 0.717) is 19.6 Å². The molecule has 0 saturated carbocycles. The smallest absolute Gasteiger partial charge is 0.243 e. The largest absolute Gasteiger partial charge is 0.329 e. The number of nitrogens with one attached hydrogen (secondary N) is 1. The fourth-order valence-corrected chi connectivity index (χ4v) is 4.37. The number of quaternary nitrogens is 1. The van der Waals surface area contributed by atoms with Crippen molar-refractivity contribution in [2.75, 3.05) is 26.2 Å². The van der Waals surface area contributed by atoms with Crippen molar-refractivity contribution in [2.24, 2.45) is 0 Å². The van der Waals surface area contributed by atoms with Gasteiger partial charge in [0.25, 0.3) is 0 Å². The number of piperazine rings is 1. The highest BCUT2D eigenvalue weighted by atomic mass is 32.2. The molecule has 8 heteroatoms. The third kappa shape index (κ3) is 3.86. The molecule has 0 aromatic heterocycles. The predicted molar refractivity (Wildman–Crippen MR) is 85.9 cm³/mol. The van der Waals surface area contributed by atoms with Gasteiger partial charge >= 0.3 is 0 Å². The summed E-state index contributed by atoms with van der Waals surface area (Å²) in [6, 6.07) is 8.77. The summed E-state index contributed by atoms with van der Waals surface area (Å²) in [4.78, 5) is 1.03. The highest BCUT2D eigenvalue weighted by Gasteiger charge is 2.30. The lowest BCUT2D eigenvalue weighted by Crippen LogP contribution is -3.13. The highest BCUT2D eigenvalue weighted by molar-refractivity contribution is 7.89. The summed E-state index contributed by atoms with van der Waals surface area (Å²) in [5, 5.41) is 0. The summed E-state index contributed by atoms with van der Waals surface area (Å²) >= 11 is 0. The molecule has 0 unspecified atom stereocenters. The van der Waals surface area contributed by atoms with Gasteiger partial charge in [0.1, 0.15) is 12.4 Å². The molecule has 1 heterocycles. The highest BCUT2D eigenvalue weighted by Crippen LogP contribution is 2.16. The monoisotopic (exact) mass is 371 g/mol. The predicted octanol–water partition coefficient (Wildman–Crippen LogP) is 1.19. The zero-order valence-electron chi connectivity index (χ0n) is 13.4. The zero-order chi connectivity index (χ0) is 18.0. The molecule has 0 amide bonds. The summed E-state index contributed by atoms with van der Waals surface area (Å²) in [6.45, 7) is 1.80. The molecule has 1 N–H and O–H groups in total. The first-order valence-electron chi connectivity index (χ1n) is 7.90. The molecule has 25 heavy (non-hydrogen) atoms. The number of benzene rings is 2. The van der Waals surface area contributed by atoms with Crippen LogP contribution in [0.5, 0.6) is 0 Å². The molecule has 0 aliphatic carbocycles. The van der Waals surface area contributed by atoms with E-state index < -0.39 is 27.5 Å². The fourth-order valence-electron chi connectivity index (χ4n) is 2.93. The van der Waals surface area contributed by atoms with Crippen LogP contribution < -0.4 is 4.90 Å². The molecular formula is C17H18F3N2O2S+. The molecule has 0 radical (unpaired) electrons. The molecule has 0 atom stereocenters. The van der Waals surface area contributed by atoms with Crippen LogP contribution in [0.3, 0.4) is 0 Å². The topological polar surface area (TPSA) is 41.8 Å². The van der Waals surface area contributed by atoms with Gasteiger partial charge in [-0.1, -0.05) is 12.1 Å². The number of nitrogens with zero attached hydrogens (tertiary/aromatic N) is 1. The van der Waals surface area contributed by atoms with Crippen LogP contribution in [0.1, 0.15) is 5.56 Å². The zero-order valence-corrected chi connectivity index (χ0v) is 14.2. The second-order valence-electron chi connectivity index (χ2n) is 6.00. The Hall–Kier alpha value is -1.90. The number of rotatable bonds is 4. The Morgan fingerprint density at radius 2 is 1.60 bits per heavy atom. The minimum atomic E-state index is -3.67. The summed E-state index contributed by atoms with van der Waals surface area (Å²) in [7, 11) is -3.67. The van der Waals surface area contributed by atoms with E-state index in [2.05, 4.69) is 0 Å². The van der Waals surface area contributed by atoms with Crippen LogP contribution in [0, 0.1) is 17.5 Å². The average Bonchev–Trinajstić information content (AvgIpc) is 2.60. The van der Waals surface area contributed by atoms with Gasteiger partial charge in [0.05, 0.1) is 31.1 Å². The van der Waals surface area contributed by atoms with Gasteiger partial charge in [-0.3, -0.25) is 0 Å². The Morgan fingerprint density at radius 1 is 0.960 bits per heavy atom. The molecule has 4 nitrogen and oxygen atoms in total. The van der Waals surface area contributed by atoms with Crippen LogP contribution in [0.15, 0.2) is 47.4 Å². The molecule has 1 aliphatic rings. The first-order chi connectivity index (χ1) is 11.9. The third-order valence-electron chi connectivity index (χ3n) is 4.35. The summed E-state index contributed by atoms with van der Waals surface area (Å²) in [5.74, 6) is -2.23. The van der Waals surface area contributed by atoms with Crippen molar-refractivity contribution in [3.63, 3.8) is 0 Å². The van der Waals surface area contributed by atoms with E-state index >= 15 is 0 Å². The SMILES string of the molecule is O=S(=O)(c1ccc(F)cc1)N1CC[NH+](Cc2cccc(F)c2F)CC1. The molecule has 2 aromatic rings. The van der Waals surface area contributed by atoms with Gasteiger partial charge in [-0.15, -0.1) is 0 Å². The molecule has 134 valence electrons. The minimum Gasteiger partial charge on any atom is -0.329 e. The lowest BCUT2D eigenvalue weighted by atomic mass is 10.2. The number of halogens is 3. The molecule has 0 bridgehead atoms. The number of sulfonamides is 1. The minimum absolute atomic E-state index is 0.0496. The van der Waals surface area contributed by atoms with Crippen molar-refractivity contribution in [3.8, 4) is 0 Å². The summed E-state index contributed by atoms with van der Waals surface area (Å²) in [6.07, 6.45) is 0. The molecule has 2 aromatic carbocycles. The summed E-state index contributed by atoms with van der Waals surface area (Å²) in [5.41, 5.74) is 0.282. The van der Waals surface area contributed by atoms with E-state index in [-0.39, 0.29) is 23.5 Å². The number of hydrogen-bond acceptors (Lipinski definition) is 2. The van der Waals surface area contributed by atoms with Crippen molar-refractivity contribution in [1.29, 1.82) is 0 Å². The van der Waals surface area contributed by atoms with Crippen molar-refractivity contribution >= 4 is 10.0 Å². The summed E-state index contributed by atoms with van der Waals surface area (Å²) < 4.78 is 66.4. The van der Waals surface area contributed by atoms with E-state index in [1.165, 1.54) is 28.6 Å². The maximum Gasteiger partial charge on any atom is 0.243 e. The molecule has 0 spiro atoms. The molecule has 3 rings (SSSR count). The maximum atomic E-state index is 13.8. The number of hydrogen-bond donors (Lipinski definition) is 1. The van der Waals surface area contributed by atoms with E-state index in [9.17, 15) is 21.6 Å². The van der Waals surface area contributed by atoms with Crippen molar-refractivity contribution < 1.29 is 26.5 Å². The van der Waals surface area contributed by atoms with E-state index in [0.717, 1.165) is 23.1 Å². The van der Waals surface area contributed by atoms with Crippen molar-refractivity contribution in [2.45, 2.75) is 11.4 Å². The third-order valence-corrected chi connectivity index (χ3v) is 6.27. The van der Waals surface area contributed by atoms with Crippen LogP contribution in [0.4, 0.5) is 13.2 Å².